The van der Waals surface area contributed by atoms with Crippen molar-refractivity contribution in [3.8, 4) is 0 Å². The van der Waals surface area contributed by atoms with E-state index in [1.54, 1.807) is 36.5 Å². The largest absolute Gasteiger partial charge is 0.465 e. The predicted octanol–water partition coefficient (Wildman–Crippen LogP) is 4.37. The summed E-state index contributed by atoms with van der Waals surface area (Å²) < 4.78 is 4.69. The fraction of sp³-hybridized carbons (Fsp3) is 0.150. The van der Waals surface area contributed by atoms with Gasteiger partial charge in [-0.05, 0) is 67.4 Å². The number of ether oxygens (including phenoxy) is 1. The number of hydrogen-bond donors (Lipinski definition) is 2. The number of carbonyl (C=O) groups is 1. The van der Waals surface area contributed by atoms with Crippen LogP contribution in [0.2, 0.25) is 0 Å². The van der Waals surface area contributed by atoms with Gasteiger partial charge >= 0.3 is 5.97 Å². The summed E-state index contributed by atoms with van der Waals surface area (Å²) >= 11 is 0. The molecule has 0 spiro atoms. The van der Waals surface area contributed by atoms with Crippen molar-refractivity contribution in [1.29, 1.82) is 0 Å². The molecule has 0 saturated carbocycles. The summed E-state index contributed by atoms with van der Waals surface area (Å²) in [4.78, 5) is 20.2. The minimum atomic E-state index is -0.363. The topological polar surface area (TPSA) is 76.1 Å². The number of aromatic nitrogens is 2. The maximum Gasteiger partial charge on any atom is 0.337 e. The van der Waals surface area contributed by atoms with Crippen molar-refractivity contribution in [3.05, 3.63) is 71.4 Å². The Labute approximate surface area is 152 Å². The second kappa shape index (κ2) is 7.65. The fourth-order valence-corrected chi connectivity index (χ4v) is 2.39. The van der Waals surface area contributed by atoms with Gasteiger partial charge in [0.1, 0.15) is 5.82 Å². The van der Waals surface area contributed by atoms with E-state index in [9.17, 15) is 4.79 Å². The lowest BCUT2D eigenvalue weighted by Crippen LogP contribution is -2.02. The summed E-state index contributed by atoms with van der Waals surface area (Å²) in [5, 5.41) is 6.40. The number of aryl methyl sites for hydroxylation is 2. The molecule has 0 atom stereocenters. The summed E-state index contributed by atoms with van der Waals surface area (Å²) in [6.45, 7) is 4.14. The molecule has 6 nitrogen and oxygen atoms in total. The Morgan fingerprint density at radius 1 is 0.923 bits per heavy atom. The van der Waals surface area contributed by atoms with E-state index in [-0.39, 0.29) is 5.97 Å². The van der Waals surface area contributed by atoms with Crippen LogP contribution in [0.1, 0.15) is 21.5 Å². The van der Waals surface area contributed by atoms with Gasteiger partial charge in [-0.2, -0.15) is 4.98 Å². The third kappa shape index (κ3) is 4.16. The van der Waals surface area contributed by atoms with Gasteiger partial charge < -0.3 is 15.4 Å². The van der Waals surface area contributed by atoms with Gasteiger partial charge in [0.05, 0.1) is 12.7 Å². The van der Waals surface area contributed by atoms with Gasteiger partial charge in [0.2, 0.25) is 5.95 Å². The first-order valence-corrected chi connectivity index (χ1v) is 8.18. The van der Waals surface area contributed by atoms with Crippen LogP contribution in [-0.2, 0) is 4.74 Å². The molecule has 0 unspecified atom stereocenters. The molecule has 1 aromatic heterocycles. The molecule has 0 aliphatic carbocycles. The second-order valence-corrected chi connectivity index (χ2v) is 5.88. The van der Waals surface area contributed by atoms with E-state index < -0.39 is 0 Å². The molecule has 6 heteroatoms. The van der Waals surface area contributed by atoms with Crippen LogP contribution in [0.3, 0.4) is 0 Å². The monoisotopic (exact) mass is 348 g/mol. The van der Waals surface area contributed by atoms with Crippen LogP contribution in [0, 0.1) is 13.8 Å². The Bertz CT molecular complexity index is 923. The first-order chi connectivity index (χ1) is 12.5. The Balaban J connectivity index is 1.72. The third-order valence-corrected chi connectivity index (χ3v) is 4.00. The number of carbonyl (C=O) groups excluding carboxylic acids is 1. The number of benzene rings is 2. The Morgan fingerprint density at radius 3 is 2.35 bits per heavy atom. The van der Waals surface area contributed by atoms with Gasteiger partial charge in [0.15, 0.2) is 0 Å². The van der Waals surface area contributed by atoms with Crippen molar-refractivity contribution in [2.45, 2.75) is 13.8 Å². The molecule has 0 saturated heterocycles. The molecule has 2 aromatic carbocycles. The molecule has 0 fully saturated rings. The van der Waals surface area contributed by atoms with Crippen molar-refractivity contribution in [1.82, 2.24) is 9.97 Å². The van der Waals surface area contributed by atoms with Crippen LogP contribution < -0.4 is 10.6 Å². The van der Waals surface area contributed by atoms with Crippen LogP contribution in [-0.4, -0.2) is 23.0 Å². The average molecular weight is 348 g/mol. The van der Waals surface area contributed by atoms with E-state index in [1.165, 1.54) is 18.2 Å². The summed E-state index contributed by atoms with van der Waals surface area (Å²) in [6.07, 6.45) is 1.68. The zero-order valence-corrected chi connectivity index (χ0v) is 14.9. The van der Waals surface area contributed by atoms with E-state index in [0.29, 0.717) is 17.3 Å². The molecule has 2 N–H and O–H groups in total. The normalized spacial score (nSPS) is 10.3. The van der Waals surface area contributed by atoms with Crippen molar-refractivity contribution in [3.63, 3.8) is 0 Å². The lowest BCUT2D eigenvalue weighted by molar-refractivity contribution is 0.0601. The van der Waals surface area contributed by atoms with Crippen LogP contribution in [0.15, 0.2) is 54.7 Å². The van der Waals surface area contributed by atoms with Crippen LogP contribution in [0.4, 0.5) is 23.1 Å². The van der Waals surface area contributed by atoms with Gasteiger partial charge in [0, 0.05) is 17.6 Å². The van der Waals surface area contributed by atoms with Gasteiger partial charge in [-0.3, -0.25) is 0 Å². The molecular weight excluding hydrogens is 328 g/mol. The Hall–Kier alpha value is -3.41. The zero-order valence-electron chi connectivity index (χ0n) is 14.9. The number of methoxy groups -OCH3 is 1. The molecule has 132 valence electrons. The summed E-state index contributed by atoms with van der Waals surface area (Å²) in [5.74, 6) is 0.792. The van der Waals surface area contributed by atoms with Crippen LogP contribution in [0.25, 0.3) is 0 Å². The van der Waals surface area contributed by atoms with E-state index in [4.69, 9.17) is 4.74 Å². The highest BCUT2D eigenvalue weighted by Gasteiger charge is 2.05. The molecule has 1 heterocycles. The molecule has 0 aliphatic rings. The minimum Gasteiger partial charge on any atom is -0.465 e. The second-order valence-electron chi connectivity index (χ2n) is 5.88. The fourth-order valence-electron chi connectivity index (χ4n) is 2.39. The average Bonchev–Trinajstić information content (AvgIpc) is 2.65. The summed E-state index contributed by atoms with van der Waals surface area (Å²) in [5.41, 5.74) is 4.69. The van der Waals surface area contributed by atoms with E-state index >= 15 is 0 Å². The number of rotatable bonds is 5. The molecular formula is C20H20N4O2. The lowest BCUT2D eigenvalue weighted by atomic mass is 10.1. The summed E-state index contributed by atoms with van der Waals surface area (Å²) in [7, 11) is 1.36. The van der Waals surface area contributed by atoms with Gasteiger partial charge in [-0.15, -0.1) is 0 Å². The van der Waals surface area contributed by atoms with Crippen LogP contribution >= 0.6 is 0 Å². The number of nitrogens with one attached hydrogen (secondary N) is 2. The van der Waals surface area contributed by atoms with Crippen molar-refractivity contribution in [2.75, 3.05) is 17.7 Å². The smallest absolute Gasteiger partial charge is 0.337 e. The molecule has 26 heavy (non-hydrogen) atoms. The van der Waals surface area contributed by atoms with Gasteiger partial charge in [0.25, 0.3) is 0 Å². The SMILES string of the molecule is COC(=O)c1ccc(Nc2ccnc(Nc3ccc(C)c(C)c3)n2)cc1. The molecule has 0 bridgehead atoms. The van der Waals surface area contributed by atoms with Crippen molar-refractivity contribution in [2.24, 2.45) is 0 Å². The predicted molar refractivity (Wildman–Crippen MR) is 102 cm³/mol. The lowest BCUT2D eigenvalue weighted by Gasteiger charge is -2.10. The van der Waals surface area contributed by atoms with E-state index in [2.05, 4.69) is 46.6 Å². The van der Waals surface area contributed by atoms with E-state index in [1.807, 2.05) is 6.07 Å². The van der Waals surface area contributed by atoms with Crippen molar-refractivity contribution >= 4 is 29.1 Å². The molecule has 3 rings (SSSR count). The van der Waals surface area contributed by atoms with E-state index in [0.717, 1.165) is 11.4 Å². The first-order valence-electron chi connectivity index (χ1n) is 8.18. The van der Waals surface area contributed by atoms with Crippen molar-refractivity contribution < 1.29 is 9.53 Å². The third-order valence-electron chi connectivity index (χ3n) is 4.00. The number of nitrogens with zero attached hydrogens (tertiary/aromatic N) is 2. The van der Waals surface area contributed by atoms with Gasteiger partial charge in [-0.25, -0.2) is 9.78 Å². The Morgan fingerprint density at radius 2 is 1.65 bits per heavy atom. The van der Waals surface area contributed by atoms with Crippen LogP contribution in [0.5, 0.6) is 0 Å². The highest BCUT2D eigenvalue weighted by atomic mass is 16.5. The zero-order chi connectivity index (χ0) is 18.5. The molecule has 0 aliphatic heterocycles. The molecule has 0 amide bonds. The molecule has 3 aromatic rings. The molecule has 0 radical (unpaired) electrons. The van der Waals surface area contributed by atoms with Gasteiger partial charge in [-0.1, -0.05) is 6.07 Å². The first kappa shape index (κ1) is 17.4. The Kier molecular flexibility index (Phi) is 5.12. The number of hydrogen-bond acceptors (Lipinski definition) is 6. The minimum absolute atomic E-state index is 0.363. The standard InChI is InChI=1S/C20H20N4O2/c1-13-4-7-17(12-14(13)2)23-20-21-11-10-18(24-20)22-16-8-5-15(6-9-16)19(25)26-3/h4-12H,1-3H3,(H2,21,22,23,24). The number of esters is 1. The number of anilines is 4. The maximum atomic E-state index is 11.5. The quantitative estimate of drug-likeness (QED) is 0.667. The summed E-state index contributed by atoms with van der Waals surface area (Å²) in [6, 6.07) is 14.9. The highest BCUT2D eigenvalue weighted by Crippen LogP contribution is 2.20. The highest BCUT2D eigenvalue weighted by molar-refractivity contribution is 5.89. The maximum absolute atomic E-state index is 11.5.